The van der Waals surface area contributed by atoms with Gasteiger partial charge in [-0.15, -0.1) is 0 Å². The van der Waals surface area contributed by atoms with Crippen molar-refractivity contribution in [3.05, 3.63) is 35.9 Å². The van der Waals surface area contributed by atoms with Crippen LogP contribution in [0.5, 0.6) is 0 Å². The lowest BCUT2D eigenvalue weighted by Crippen LogP contribution is -2.48. The highest BCUT2D eigenvalue weighted by Crippen LogP contribution is 2.26. The third-order valence-electron chi connectivity index (χ3n) is 4.82. The van der Waals surface area contributed by atoms with Crippen molar-refractivity contribution in [2.45, 2.75) is 18.9 Å². The van der Waals surface area contributed by atoms with Crippen molar-refractivity contribution in [1.82, 2.24) is 9.21 Å². The molecule has 2 fully saturated rings. The number of piperidine rings is 1. The maximum atomic E-state index is 12.8. The molecule has 0 aromatic heterocycles. The Morgan fingerprint density at radius 3 is 2.42 bits per heavy atom. The third-order valence-corrected chi connectivity index (χ3v) is 6.12. The molecule has 0 N–H and O–H groups in total. The summed E-state index contributed by atoms with van der Waals surface area (Å²) in [5, 5.41) is 0. The average molecular weight is 352 g/mol. The summed E-state index contributed by atoms with van der Waals surface area (Å²) in [7, 11) is -3.16. The van der Waals surface area contributed by atoms with E-state index >= 15 is 0 Å². The van der Waals surface area contributed by atoms with Gasteiger partial charge in [0.05, 0.1) is 19.4 Å². The second-order valence-corrected chi connectivity index (χ2v) is 8.47. The van der Waals surface area contributed by atoms with E-state index < -0.39 is 10.0 Å². The average Bonchev–Trinajstić information content (AvgIpc) is 2.61. The van der Waals surface area contributed by atoms with Crippen LogP contribution in [0.3, 0.4) is 0 Å². The Balaban J connectivity index is 1.59. The lowest BCUT2D eigenvalue weighted by Gasteiger charge is -2.37. The zero-order chi connectivity index (χ0) is 17.2. The molecule has 0 saturated carbocycles. The minimum atomic E-state index is -3.16. The van der Waals surface area contributed by atoms with Crippen molar-refractivity contribution < 1.29 is 17.9 Å². The number of carbonyl (C=O) groups excluding carboxylic acids is 1. The van der Waals surface area contributed by atoms with Crippen molar-refractivity contribution in [1.29, 1.82) is 0 Å². The van der Waals surface area contributed by atoms with Crippen LogP contribution in [0.4, 0.5) is 0 Å². The standard InChI is InChI=1S/C17H24N2O4S/c1-24(21,22)19-9-7-15(8-10-19)17(20)18-11-12-23-16(13-18)14-5-3-2-4-6-14/h2-6,15-16H,7-13H2,1H3. The summed E-state index contributed by atoms with van der Waals surface area (Å²) in [6, 6.07) is 9.94. The summed E-state index contributed by atoms with van der Waals surface area (Å²) in [4.78, 5) is 14.7. The Labute approximate surface area is 143 Å². The topological polar surface area (TPSA) is 66.9 Å². The summed E-state index contributed by atoms with van der Waals surface area (Å²) >= 11 is 0. The van der Waals surface area contributed by atoms with Gasteiger partial charge < -0.3 is 9.64 Å². The first kappa shape index (κ1) is 17.4. The molecule has 2 saturated heterocycles. The highest BCUT2D eigenvalue weighted by Gasteiger charge is 2.33. The summed E-state index contributed by atoms with van der Waals surface area (Å²) in [6.45, 7) is 2.57. The van der Waals surface area contributed by atoms with Crippen LogP contribution in [0.15, 0.2) is 30.3 Å². The Bertz CT molecular complexity index is 669. The zero-order valence-corrected chi connectivity index (χ0v) is 14.7. The number of hydrogen-bond acceptors (Lipinski definition) is 4. The summed E-state index contributed by atoms with van der Waals surface area (Å²) in [5.74, 6) is 0.0462. The highest BCUT2D eigenvalue weighted by atomic mass is 32.2. The van der Waals surface area contributed by atoms with Gasteiger partial charge in [0.2, 0.25) is 15.9 Å². The minimum Gasteiger partial charge on any atom is -0.370 e. The van der Waals surface area contributed by atoms with Crippen molar-refractivity contribution in [3.63, 3.8) is 0 Å². The molecule has 2 aliphatic heterocycles. The predicted octanol–water partition coefficient (Wildman–Crippen LogP) is 1.26. The van der Waals surface area contributed by atoms with E-state index in [2.05, 4.69) is 0 Å². The van der Waals surface area contributed by atoms with E-state index in [1.807, 2.05) is 35.2 Å². The number of nitrogens with zero attached hydrogens (tertiary/aromatic N) is 2. The SMILES string of the molecule is CS(=O)(=O)N1CCC(C(=O)N2CCOC(c3ccccc3)C2)CC1. The van der Waals surface area contributed by atoms with Crippen LogP contribution in [-0.2, 0) is 19.6 Å². The zero-order valence-electron chi connectivity index (χ0n) is 13.9. The van der Waals surface area contributed by atoms with E-state index in [1.54, 1.807) is 0 Å². The molecule has 2 aliphatic rings. The monoisotopic (exact) mass is 352 g/mol. The van der Waals surface area contributed by atoms with Gasteiger partial charge in [-0.05, 0) is 18.4 Å². The van der Waals surface area contributed by atoms with Crippen molar-refractivity contribution >= 4 is 15.9 Å². The molecule has 7 heteroatoms. The number of benzene rings is 1. The van der Waals surface area contributed by atoms with Gasteiger partial charge in [0.1, 0.15) is 6.10 Å². The van der Waals surface area contributed by atoms with E-state index in [1.165, 1.54) is 10.6 Å². The smallest absolute Gasteiger partial charge is 0.225 e. The van der Waals surface area contributed by atoms with Crippen molar-refractivity contribution in [3.8, 4) is 0 Å². The maximum absolute atomic E-state index is 12.8. The van der Waals surface area contributed by atoms with E-state index in [0.29, 0.717) is 45.6 Å². The lowest BCUT2D eigenvalue weighted by molar-refractivity contribution is -0.144. The number of carbonyl (C=O) groups is 1. The molecule has 1 atom stereocenters. The molecule has 6 nitrogen and oxygen atoms in total. The molecular formula is C17H24N2O4S. The minimum absolute atomic E-state index is 0.0833. The lowest BCUT2D eigenvalue weighted by atomic mass is 9.96. The number of hydrogen-bond donors (Lipinski definition) is 0. The van der Waals surface area contributed by atoms with Crippen LogP contribution < -0.4 is 0 Å². The van der Waals surface area contributed by atoms with Crippen LogP contribution in [-0.4, -0.2) is 62.6 Å². The van der Waals surface area contributed by atoms with Crippen LogP contribution in [0.1, 0.15) is 24.5 Å². The number of morpholine rings is 1. The van der Waals surface area contributed by atoms with Crippen LogP contribution in [0.25, 0.3) is 0 Å². The van der Waals surface area contributed by atoms with Gasteiger partial charge >= 0.3 is 0 Å². The van der Waals surface area contributed by atoms with Gasteiger partial charge in [0.15, 0.2) is 0 Å². The number of ether oxygens (including phenoxy) is 1. The fourth-order valence-electron chi connectivity index (χ4n) is 3.41. The van der Waals surface area contributed by atoms with Gasteiger partial charge in [0, 0.05) is 25.6 Å². The van der Waals surface area contributed by atoms with E-state index in [9.17, 15) is 13.2 Å². The number of rotatable bonds is 3. The van der Waals surface area contributed by atoms with Crippen LogP contribution in [0, 0.1) is 5.92 Å². The summed E-state index contributed by atoms with van der Waals surface area (Å²) in [6.07, 6.45) is 2.33. The van der Waals surface area contributed by atoms with Gasteiger partial charge in [-0.1, -0.05) is 30.3 Å². The Morgan fingerprint density at radius 2 is 1.79 bits per heavy atom. The van der Waals surface area contributed by atoms with E-state index in [4.69, 9.17) is 4.74 Å². The highest BCUT2D eigenvalue weighted by molar-refractivity contribution is 7.88. The molecule has 3 rings (SSSR count). The Morgan fingerprint density at radius 1 is 1.12 bits per heavy atom. The first-order valence-corrected chi connectivity index (χ1v) is 10.2. The molecule has 1 amide bonds. The van der Waals surface area contributed by atoms with Crippen LogP contribution >= 0.6 is 0 Å². The summed E-state index contributed by atoms with van der Waals surface area (Å²) < 4.78 is 30.4. The van der Waals surface area contributed by atoms with E-state index in [-0.39, 0.29) is 17.9 Å². The molecular weight excluding hydrogens is 328 g/mol. The number of sulfonamides is 1. The second-order valence-electron chi connectivity index (χ2n) is 6.49. The molecule has 24 heavy (non-hydrogen) atoms. The predicted molar refractivity (Wildman–Crippen MR) is 90.9 cm³/mol. The molecule has 1 aromatic carbocycles. The first-order chi connectivity index (χ1) is 11.4. The van der Waals surface area contributed by atoms with Crippen molar-refractivity contribution in [2.75, 3.05) is 39.0 Å². The number of amides is 1. The largest absolute Gasteiger partial charge is 0.370 e. The van der Waals surface area contributed by atoms with Gasteiger partial charge in [0.25, 0.3) is 0 Å². The molecule has 0 aliphatic carbocycles. The molecule has 1 unspecified atom stereocenters. The Kier molecular flexibility index (Phi) is 5.22. The van der Waals surface area contributed by atoms with E-state index in [0.717, 1.165) is 5.56 Å². The molecule has 1 aromatic rings. The molecule has 2 heterocycles. The molecule has 0 spiro atoms. The Hall–Kier alpha value is -1.44. The normalized spacial score (nSPS) is 24.0. The van der Waals surface area contributed by atoms with Gasteiger partial charge in [-0.2, -0.15) is 0 Å². The summed E-state index contributed by atoms with van der Waals surface area (Å²) in [5.41, 5.74) is 1.09. The van der Waals surface area contributed by atoms with Crippen molar-refractivity contribution in [2.24, 2.45) is 5.92 Å². The quantitative estimate of drug-likeness (QED) is 0.821. The molecule has 132 valence electrons. The third kappa shape index (κ3) is 3.96. The second kappa shape index (κ2) is 7.21. The molecule has 0 radical (unpaired) electrons. The fraction of sp³-hybridized carbons (Fsp3) is 0.588. The maximum Gasteiger partial charge on any atom is 0.225 e. The van der Waals surface area contributed by atoms with Crippen LogP contribution in [0.2, 0.25) is 0 Å². The van der Waals surface area contributed by atoms with Gasteiger partial charge in [-0.3, -0.25) is 4.79 Å². The first-order valence-electron chi connectivity index (χ1n) is 8.35. The fourth-order valence-corrected chi connectivity index (χ4v) is 4.29. The molecule has 0 bridgehead atoms. The van der Waals surface area contributed by atoms with Gasteiger partial charge in [-0.25, -0.2) is 12.7 Å².